The van der Waals surface area contributed by atoms with Crippen molar-refractivity contribution in [2.24, 2.45) is 0 Å². The highest BCUT2D eigenvalue weighted by Crippen LogP contribution is 2.18. The molecule has 3 aromatic carbocycles. The van der Waals surface area contributed by atoms with Crippen LogP contribution in [0.4, 0.5) is 0 Å². The van der Waals surface area contributed by atoms with Crippen molar-refractivity contribution >= 4 is 23.4 Å². The van der Waals surface area contributed by atoms with Crippen molar-refractivity contribution < 1.29 is 14.3 Å². The van der Waals surface area contributed by atoms with Crippen LogP contribution in [-0.4, -0.2) is 34.9 Å². The SMILES string of the molecule is CC(C)(C)NC(=O)[C@@H](Cc1ccccc1)N(Cc1ccc(Cl)cc1)C(=O)COc1ccccc1. The average Bonchev–Trinajstić information content (AvgIpc) is 2.81. The van der Waals surface area contributed by atoms with Crippen LogP contribution in [0.2, 0.25) is 5.02 Å². The molecule has 178 valence electrons. The summed E-state index contributed by atoms with van der Waals surface area (Å²) in [5.74, 6) is 0.114. The maximum Gasteiger partial charge on any atom is 0.261 e. The van der Waals surface area contributed by atoms with Gasteiger partial charge >= 0.3 is 0 Å². The lowest BCUT2D eigenvalue weighted by molar-refractivity contribution is -0.143. The van der Waals surface area contributed by atoms with Gasteiger partial charge in [0.2, 0.25) is 5.91 Å². The standard InChI is InChI=1S/C28H31ClN2O3/c1-28(2,3)30-27(33)25(18-21-10-6-4-7-11-21)31(19-22-14-16-23(29)17-15-22)26(32)20-34-24-12-8-5-9-13-24/h4-17,25H,18-20H2,1-3H3,(H,30,33)/t25-/m1/s1. The van der Waals surface area contributed by atoms with Crippen LogP contribution in [0.15, 0.2) is 84.9 Å². The molecule has 2 amide bonds. The molecule has 34 heavy (non-hydrogen) atoms. The van der Waals surface area contributed by atoms with Gasteiger partial charge < -0.3 is 15.0 Å². The number of rotatable bonds is 9. The summed E-state index contributed by atoms with van der Waals surface area (Å²) in [6.45, 7) is 5.85. The predicted molar refractivity (Wildman–Crippen MR) is 136 cm³/mol. The van der Waals surface area contributed by atoms with E-state index in [1.807, 2.05) is 81.4 Å². The molecule has 0 saturated heterocycles. The van der Waals surface area contributed by atoms with Crippen molar-refractivity contribution in [3.05, 3.63) is 101 Å². The highest BCUT2D eigenvalue weighted by molar-refractivity contribution is 6.30. The van der Waals surface area contributed by atoms with E-state index in [1.165, 1.54) is 0 Å². The molecule has 5 nitrogen and oxygen atoms in total. The number of benzene rings is 3. The summed E-state index contributed by atoms with van der Waals surface area (Å²) >= 11 is 6.06. The third-order valence-corrected chi connectivity index (χ3v) is 5.39. The van der Waals surface area contributed by atoms with E-state index < -0.39 is 11.6 Å². The van der Waals surface area contributed by atoms with E-state index in [0.29, 0.717) is 17.2 Å². The zero-order valence-corrected chi connectivity index (χ0v) is 20.6. The maximum absolute atomic E-state index is 13.5. The number of halogens is 1. The summed E-state index contributed by atoms with van der Waals surface area (Å²) in [6.07, 6.45) is 0.382. The molecule has 0 unspecified atom stereocenters. The molecule has 0 aliphatic carbocycles. The molecular formula is C28H31ClN2O3. The molecule has 6 heteroatoms. The Morgan fingerprint density at radius 1 is 0.882 bits per heavy atom. The van der Waals surface area contributed by atoms with E-state index in [2.05, 4.69) is 5.32 Å². The molecule has 3 rings (SSSR count). The van der Waals surface area contributed by atoms with Crippen molar-refractivity contribution in [2.75, 3.05) is 6.61 Å². The second-order valence-corrected chi connectivity index (χ2v) is 9.63. The van der Waals surface area contributed by atoms with Gasteiger partial charge in [0.25, 0.3) is 5.91 Å². The lowest BCUT2D eigenvalue weighted by atomic mass is 10.0. The van der Waals surface area contributed by atoms with Crippen molar-refractivity contribution in [2.45, 2.75) is 45.3 Å². The number of nitrogens with one attached hydrogen (secondary N) is 1. The van der Waals surface area contributed by atoms with Crippen LogP contribution in [0.5, 0.6) is 5.75 Å². The van der Waals surface area contributed by atoms with E-state index in [-0.39, 0.29) is 25.0 Å². The van der Waals surface area contributed by atoms with Crippen LogP contribution in [0, 0.1) is 0 Å². The fourth-order valence-electron chi connectivity index (χ4n) is 3.54. The van der Waals surface area contributed by atoms with E-state index >= 15 is 0 Å². The highest BCUT2D eigenvalue weighted by atomic mass is 35.5. The first-order chi connectivity index (χ1) is 16.2. The smallest absolute Gasteiger partial charge is 0.261 e. The molecule has 1 atom stereocenters. The molecule has 1 N–H and O–H groups in total. The van der Waals surface area contributed by atoms with Gasteiger partial charge in [0.05, 0.1) is 0 Å². The molecule has 3 aromatic rings. The Morgan fingerprint density at radius 3 is 2.06 bits per heavy atom. The van der Waals surface area contributed by atoms with Crippen LogP contribution >= 0.6 is 11.6 Å². The molecule has 0 aliphatic heterocycles. The van der Waals surface area contributed by atoms with E-state index in [4.69, 9.17) is 16.3 Å². The van der Waals surface area contributed by atoms with Gasteiger partial charge in [0.15, 0.2) is 6.61 Å². The van der Waals surface area contributed by atoms with Crippen LogP contribution in [0.3, 0.4) is 0 Å². The fourth-order valence-corrected chi connectivity index (χ4v) is 3.66. The minimum atomic E-state index is -0.718. The van der Waals surface area contributed by atoms with Crippen molar-refractivity contribution in [1.29, 1.82) is 0 Å². The Balaban J connectivity index is 1.91. The van der Waals surface area contributed by atoms with Gasteiger partial charge in [-0.1, -0.05) is 72.3 Å². The van der Waals surface area contributed by atoms with Crippen molar-refractivity contribution in [3.63, 3.8) is 0 Å². The van der Waals surface area contributed by atoms with Crippen LogP contribution < -0.4 is 10.1 Å². The Hall–Kier alpha value is -3.31. The lowest BCUT2D eigenvalue weighted by Gasteiger charge is -2.33. The number of carbonyl (C=O) groups excluding carboxylic acids is 2. The zero-order valence-electron chi connectivity index (χ0n) is 19.8. The molecule has 0 saturated carbocycles. The van der Waals surface area contributed by atoms with Crippen molar-refractivity contribution in [1.82, 2.24) is 10.2 Å². The first kappa shape index (κ1) is 25.3. The number of carbonyl (C=O) groups is 2. The van der Waals surface area contributed by atoms with Gasteiger partial charge in [-0.05, 0) is 56.2 Å². The topological polar surface area (TPSA) is 58.6 Å². The van der Waals surface area contributed by atoms with E-state index in [9.17, 15) is 9.59 Å². The van der Waals surface area contributed by atoms with Crippen LogP contribution in [0.25, 0.3) is 0 Å². The number of nitrogens with zero attached hydrogens (tertiary/aromatic N) is 1. The van der Waals surface area contributed by atoms with Gasteiger partial charge in [0.1, 0.15) is 11.8 Å². The molecule has 0 radical (unpaired) electrons. The number of amides is 2. The molecule has 0 fully saturated rings. The van der Waals surface area contributed by atoms with Crippen molar-refractivity contribution in [3.8, 4) is 5.75 Å². The zero-order chi connectivity index (χ0) is 24.6. The van der Waals surface area contributed by atoms with Gasteiger partial charge in [-0.2, -0.15) is 0 Å². The first-order valence-electron chi connectivity index (χ1n) is 11.3. The first-order valence-corrected chi connectivity index (χ1v) is 11.7. The third kappa shape index (κ3) is 7.92. The normalized spacial score (nSPS) is 12.0. The number of para-hydroxylation sites is 1. The van der Waals surface area contributed by atoms with Gasteiger partial charge in [-0.15, -0.1) is 0 Å². The minimum absolute atomic E-state index is 0.175. The quantitative estimate of drug-likeness (QED) is 0.455. The number of hydrogen-bond acceptors (Lipinski definition) is 3. The Kier molecular flexibility index (Phi) is 8.72. The molecule has 0 heterocycles. The Morgan fingerprint density at radius 2 is 1.47 bits per heavy atom. The summed E-state index contributed by atoms with van der Waals surface area (Å²) in [4.78, 5) is 28.5. The number of ether oxygens (including phenoxy) is 1. The van der Waals surface area contributed by atoms with Gasteiger partial charge in [-0.3, -0.25) is 9.59 Å². The summed E-state index contributed by atoms with van der Waals surface area (Å²) in [7, 11) is 0. The number of hydrogen-bond donors (Lipinski definition) is 1. The monoisotopic (exact) mass is 478 g/mol. The van der Waals surface area contributed by atoms with Crippen LogP contribution in [-0.2, 0) is 22.6 Å². The van der Waals surface area contributed by atoms with E-state index in [0.717, 1.165) is 11.1 Å². The molecule has 0 spiro atoms. The highest BCUT2D eigenvalue weighted by Gasteiger charge is 2.32. The van der Waals surface area contributed by atoms with Gasteiger partial charge in [-0.25, -0.2) is 0 Å². The summed E-state index contributed by atoms with van der Waals surface area (Å²) in [6, 6.07) is 25.4. The molecule has 0 aliphatic rings. The second kappa shape index (κ2) is 11.7. The molecular weight excluding hydrogens is 448 g/mol. The minimum Gasteiger partial charge on any atom is -0.484 e. The summed E-state index contributed by atoms with van der Waals surface area (Å²) in [5, 5.41) is 3.66. The summed E-state index contributed by atoms with van der Waals surface area (Å²) < 4.78 is 5.74. The van der Waals surface area contributed by atoms with Crippen LogP contribution in [0.1, 0.15) is 31.9 Å². The second-order valence-electron chi connectivity index (χ2n) is 9.19. The third-order valence-electron chi connectivity index (χ3n) is 5.14. The van der Waals surface area contributed by atoms with E-state index in [1.54, 1.807) is 29.2 Å². The lowest BCUT2D eigenvalue weighted by Crippen LogP contribution is -2.55. The maximum atomic E-state index is 13.5. The fraction of sp³-hybridized carbons (Fsp3) is 0.286. The Labute approximate surface area is 206 Å². The molecule has 0 aromatic heterocycles. The Bertz CT molecular complexity index is 1060. The summed E-state index contributed by atoms with van der Waals surface area (Å²) in [5.41, 5.74) is 1.40. The van der Waals surface area contributed by atoms with Gasteiger partial charge in [0, 0.05) is 23.5 Å². The average molecular weight is 479 g/mol. The predicted octanol–water partition coefficient (Wildman–Crippen LogP) is 5.27. The molecule has 0 bridgehead atoms. The largest absolute Gasteiger partial charge is 0.484 e.